The fourth-order valence-corrected chi connectivity index (χ4v) is 2.38. The van der Waals surface area contributed by atoms with E-state index in [-0.39, 0.29) is 11.6 Å². The number of anilines is 1. The second-order valence-electron chi connectivity index (χ2n) is 4.99. The number of nitrogens with one attached hydrogen (secondary N) is 1. The summed E-state index contributed by atoms with van der Waals surface area (Å²) in [4.78, 5) is 23.6. The van der Waals surface area contributed by atoms with Gasteiger partial charge in [-0.3, -0.25) is 9.59 Å². The zero-order valence-electron chi connectivity index (χ0n) is 12.4. The monoisotopic (exact) mass is 340 g/mol. The molecule has 1 heterocycles. The average molecular weight is 341 g/mol. The number of carbonyl (C=O) groups is 2. The highest BCUT2D eigenvalue weighted by molar-refractivity contribution is 6.31. The highest BCUT2D eigenvalue weighted by Gasteiger charge is 2.12. The second kappa shape index (κ2) is 6.55. The quantitative estimate of drug-likeness (QED) is 0.765. The Bertz CT molecular complexity index is 920. The number of hydrogen-bond acceptors (Lipinski definition) is 3. The summed E-state index contributed by atoms with van der Waals surface area (Å²) in [6.45, 7) is 0. The minimum Gasteiger partial charge on any atom is -0.364 e. The summed E-state index contributed by atoms with van der Waals surface area (Å²) in [5.41, 5.74) is 6.96. The molecule has 0 radical (unpaired) electrons. The van der Waals surface area contributed by atoms with Crippen molar-refractivity contribution in [2.45, 2.75) is 0 Å². The van der Waals surface area contributed by atoms with Crippen LogP contribution in [0.5, 0.6) is 0 Å². The lowest BCUT2D eigenvalue weighted by Crippen LogP contribution is -2.15. The number of nitrogens with zero attached hydrogens (tertiary/aromatic N) is 2. The zero-order valence-corrected chi connectivity index (χ0v) is 13.2. The molecule has 0 atom stereocenters. The summed E-state index contributed by atoms with van der Waals surface area (Å²) in [5, 5.41) is 7.40. The lowest BCUT2D eigenvalue weighted by molar-refractivity contribution is 0.0992. The maximum atomic E-state index is 12.4. The highest BCUT2D eigenvalue weighted by Crippen LogP contribution is 2.21. The van der Waals surface area contributed by atoms with Gasteiger partial charge < -0.3 is 11.1 Å². The van der Waals surface area contributed by atoms with E-state index < -0.39 is 5.91 Å². The number of amides is 2. The summed E-state index contributed by atoms with van der Waals surface area (Å²) in [6, 6.07) is 15.3. The average Bonchev–Trinajstić information content (AvgIpc) is 3.05. The predicted molar refractivity (Wildman–Crippen MR) is 91.5 cm³/mol. The molecule has 6 nitrogen and oxygen atoms in total. The van der Waals surface area contributed by atoms with Crippen molar-refractivity contribution in [3.63, 3.8) is 0 Å². The number of carbonyl (C=O) groups excluding carboxylic acids is 2. The van der Waals surface area contributed by atoms with E-state index in [1.807, 2.05) is 0 Å². The van der Waals surface area contributed by atoms with Gasteiger partial charge in [0.2, 0.25) is 0 Å². The Morgan fingerprint density at radius 3 is 2.58 bits per heavy atom. The van der Waals surface area contributed by atoms with E-state index >= 15 is 0 Å². The molecule has 0 saturated heterocycles. The first-order chi connectivity index (χ1) is 11.5. The van der Waals surface area contributed by atoms with Crippen LogP contribution in [-0.2, 0) is 0 Å². The number of halogens is 1. The van der Waals surface area contributed by atoms with Gasteiger partial charge in [-0.2, -0.15) is 5.10 Å². The second-order valence-corrected chi connectivity index (χ2v) is 5.43. The normalized spacial score (nSPS) is 10.4. The van der Waals surface area contributed by atoms with Gasteiger partial charge >= 0.3 is 0 Å². The van der Waals surface area contributed by atoms with Crippen LogP contribution in [0.25, 0.3) is 5.69 Å². The van der Waals surface area contributed by atoms with Crippen LogP contribution in [-0.4, -0.2) is 21.6 Å². The van der Waals surface area contributed by atoms with Crippen LogP contribution in [0.2, 0.25) is 5.02 Å². The van der Waals surface area contributed by atoms with Crippen LogP contribution in [0, 0.1) is 0 Å². The maximum absolute atomic E-state index is 12.4. The van der Waals surface area contributed by atoms with Gasteiger partial charge in [-0.05, 0) is 36.4 Å². The minimum atomic E-state index is -0.616. The molecule has 0 bridgehead atoms. The minimum absolute atomic E-state index is 0.144. The summed E-state index contributed by atoms with van der Waals surface area (Å²) < 4.78 is 1.48. The standard InChI is InChI=1S/C17H13ClN4O2/c18-12-5-3-4-11(10-12)17(24)20-13-6-1-2-7-15(13)22-9-8-14(21-22)16(19)23/h1-10H,(H2,19,23)(H,20,24). The van der Waals surface area contributed by atoms with Crippen LogP contribution in [0.1, 0.15) is 20.8 Å². The van der Waals surface area contributed by atoms with Gasteiger partial charge in [0.15, 0.2) is 0 Å². The van der Waals surface area contributed by atoms with Crippen molar-refractivity contribution in [1.29, 1.82) is 0 Å². The molecule has 2 amide bonds. The van der Waals surface area contributed by atoms with Crippen LogP contribution < -0.4 is 11.1 Å². The number of aromatic nitrogens is 2. The number of benzene rings is 2. The number of hydrogen-bond donors (Lipinski definition) is 2. The molecular formula is C17H13ClN4O2. The lowest BCUT2D eigenvalue weighted by Gasteiger charge is -2.11. The molecule has 1 aromatic heterocycles. The molecule has 2 aromatic carbocycles. The van der Waals surface area contributed by atoms with Gasteiger partial charge in [0, 0.05) is 16.8 Å². The van der Waals surface area contributed by atoms with Gasteiger partial charge in [-0.25, -0.2) is 4.68 Å². The van der Waals surface area contributed by atoms with E-state index in [0.29, 0.717) is 22.0 Å². The van der Waals surface area contributed by atoms with E-state index in [4.69, 9.17) is 17.3 Å². The highest BCUT2D eigenvalue weighted by atomic mass is 35.5. The van der Waals surface area contributed by atoms with Crippen molar-refractivity contribution in [3.8, 4) is 5.69 Å². The van der Waals surface area contributed by atoms with Gasteiger partial charge in [0.25, 0.3) is 11.8 Å². The van der Waals surface area contributed by atoms with Gasteiger partial charge in [-0.15, -0.1) is 0 Å². The first-order valence-electron chi connectivity index (χ1n) is 7.06. The first kappa shape index (κ1) is 15.8. The topological polar surface area (TPSA) is 90.0 Å². The number of para-hydroxylation sites is 2. The van der Waals surface area contributed by atoms with Gasteiger partial charge in [-0.1, -0.05) is 29.8 Å². The van der Waals surface area contributed by atoms with E-state index in [0.717, 1.165) is 0 Å². The fourth-order valence-electron chi connectivity index (χ4n) is 2.19. The Labute approximate surface area is 142 Å². The molecule has 3 rings (SSSR count). The number of nitrogens with two attached hydrogens (primary N) is 1. The summed E-state index contributed by atoms with van der Waals surface area (Å²) >= 11 is 5.91. The third kappa shape index (κ3) is 3.28. The van der Waals surface area contributed by atoms with Crippen LogP contribution in [0.3, 0.4) is 0 Å². The third-order valence-corrected chi connectivity index (χ3v) is 3.56. The molecule has 120 valence electrons. The molecule has 0 fully saturated rings. The van der Waals surface area contributed by atoms with Crippen LogP contribution >= 0.6 is 11.6 Å². The van der Waals surface area contributed by atoms with Crippen molar-refractivity contribution in [2.24, 2.45) is 5.73 Å². The van der Waals surface area contributed by atoms with E-state index in [1.54, 1.807) is 54.7 Å². The lowest BCUT2D eigenvalue weighted by atomic mass is 10.2. The van der Waals surface area contributed by atoms with Crippen molar-refractivity contribution in [1.82, 2.24) is 9.78 Å². The Kier molecular flexibility index (Phi) is 4.31. The van der Waals surface area contributed by atoms with Crippen LogP contribution in [0.15, 0.2) is 60.8 Å². The van der Waals surface area contributed by atoms with Crippen molar-refractivity contribution >= 4 is 29.1 Å². The third-order valence-electron chi connectivity index (χ3n) is 3.33. The summed E-state index contributed by atoms with van der Waals surface area (Å²) in [6.07, 6.45) is 1.60. The van der Waals surface area contributed by atoms with Gasteiger partial charge in [0.1, 0.15) is 5.69 Å². The number of primary amides is 1. The molecule has 24 heavy (non-hydrogen) atoms. The molecule has 0 saturated carbocycles. The largest absolute Gasteiger partial charge is 0.364 e. The molecule has 0 spiro atoms. The van der Waals surface area contributed by atoms with E-state index in [2.05, 4.69) is 10.4 Å². The van der Waals surface area contributed by atoms with Crippen molar-refractivity contribution < 1.29 is 9.59 Å². The smallest absolute Gasteiger partial charge is 0.269 e. The Balaban J connectivity index is 1.91. The van der Waals surface area contributed by atoms with Crippen LogP contribution in [0.4, 0.5) is 5.69 Å². The molecule has 3 aromatic rings. The SMILES string of the molecule is NC(=O)c1ccn(-c2ccccc2NC(=O)c2cccc(Cl)c2)n1. The molecule has 0 unspecified atom stereocenters. The van der Waals surface area contributed by atoms with E-state index in [1.165, 1.54) is 10.7 Å². The number of rotatable bonds is 4. The Hall–Kier alpha value is -3.12. The summed E-state index contributed by atoms with van der Waals surface area (Å²) in [7, 11) is 0. The molecule has 0 aliphatic heterocycles. The summed E-state index contributed by atoms with van der Waals surface area (Å²) in [5.74, 6) is -0.915. The first-order valence-corrected chi connectivity index (χ1v) is 7.44. The Morgan fingerprint density at radius 1 is 1.08 bits per heavy atom. The fraction of sp³-hybridized carbons (Fsp3) is 0. The molecular weight excluding hydrogens is 328 g/mol. The van der Waals surface area contributed by atoms with Crippen molar-refractivity contribution in [3.05, 3.63) is 77.1 Å². The Morgan fingerprint density at radius 2 is 1.88 bits per heavy atom. The molecule has 7 heteroatoms. The van der Waals surface area contributed by atoms with Gasteiger partial charge in [0.05, 0.1) is 11.4 Å². The molecule has 0 aliphatic rings. The van der Waals surface area contributed by atoms with Crippen molar-refractivity contribution in [2.75, 3.05) is 5.32 Å². The molecule has 0 aliphatic carbocycles. The molecule has 3 N–H and O–H groups in total. The maximum Gasteiger partial charge on any atom is 0.269 e. The van der Waals surface area contributed by atoms with E-state index in [9.17, 15) is 9.59 Å². The zero-order chi connectivity index (χ0) is 17.1. The predicted octanol–water partition coefficient (Wildman–Crippen LogP) is 2.88.